The van der Waals surface area contributed by atoms with Gasteiger partial charge >= 0.3 is 5.97 Å². The topological polar surface area (TPSA) is 69.6 Å². The molecule has 3 atom stereocenters. The van der Waals surface area contributed by atoms with Crippen molar-refractivity contribution in [3.05, 3.63) is 119 Å². The zero-order valence-corrected chi connectivity index (χ0v) is 21.0. The number of rotatable bonds is 7. The molecule has 4 aromatic carbocycles. The number of fused-ring (bicyclic) bond motifs is 1. The fourth-order valence-corrected chi connectivity index (χ4v) is 5.54. The van der Waals surface area contributed by atoms with E-state index in [1.165, 1.54) is 34.0 Å². The predicted molar refractivity (Wildman–Crippen MR) is 147 cm³/mol. The fraction of sp³-hybridized carbons (Fsp3) is 0.250. The molecule has 0 radical (unpaired) electrons. The van der Waals surface area contributed by atoms with E-state index in [0.29, 0.717) is 24.6 Å². The number of aromatic carboxylic acids is 1. The Labute approximate surface area is 217 Å². The van der Waals surface area contributed by atoms with Crippen LogP contribution in [0.4, 0.5) is 0 Å². The molecule has 5 heteroatoms. The van der Waals surface area contributed by atoms with Gasteiger partial charge in [0.2, 0.25) is 0 Å². The molecule has 37 heavy (non-hydrogen) atoms. The maximum Gasteiger partial charge on any atom is 0.335 e. The molecule has 0 aromatic heterocycles. The Bertz CT molecular complexity index is 1400. The second-order valence-corrected chi connectivity index (χ2v) is 9.90. The third-order valence-corrected chi connectivity index (χ3v) is 7.60. The number of hydrogen-bond donors (Lipinski definition) is 2. The molecule has 1 amide bonds. The minimum atomic E-state index is -1.03. The van der Waals surface area contributed by atoms with E-state index >= 15 is 0 Å². The Balaban J connectivity index is 1.33. The highest BCUT2D eigenvalue weighted by Gasteiger charge is 2.33. The van der Waals surface area contributed by atoms with Gasteiger partial charge in [-0.25, -0.2) is 4.79 Å². The van der Waals surface area contributed by atoms with Crippen LogP contribution in [0.2, 0.25) is 0 Å². The number of nitrogens with zero attached hydrogens (tertiary/aromatic N) is 1. The first-order valence-electron chi connectivity index (χ1n) is 12.9. The molecule has 188 valence electrons. The summed E-state index contributed by atoms with van der Waals surface area (Å²) in [5, 5.41) is 15.6. The lowest BCUT2D eigenvalue weighted by Crippen LogP contribution is -2.45. The van der Waals surface area contributed by atoms with E-state index in [-0.39, 0.29) is 23.4 Å². The van der Waals surface area contributed by atoms with Gasteiger partial charge in [-0.3, -0.25) is 4.79 Å². The largest absolute Gasteiger partial charge is 0.478 e. The lowest BCUT2D eigenvalue weighted by atomic mass is 9.80. The van der Waals surface area contributed by atoms with Crippen molar-refractivity contribution in [2.45, 2.75) is 25.3 Å². The number of hydrogen-bond acceptors (Lipinski definition) is 3. The highest BCUT2D eigenvalue weighted by atomic mass is 16.4. The number of piperidine rings is 1. The molecule has 5 rings (SSSR count). The number of carbonyl (C=O) groups is 2. The van der Waals surface area contributed by atoms with Gasteiger partial charge in [0.25, 0.3) is 5.91 Å². The van der Waals surface area contributed by atoms with Crippen molar-refractivity contribution in [1.82, 2.24) is 10.2 Å². The SMILES string of the molecule is CC(NCC1CCN(C(=O)c2cccc(C(=O)O)c2)CC1c1ccccc1)c1cccc2ccccc12. The summed E-state index contributed by atoms with van der Waals surface area (Å²) < 4.78 is 0. The van der Waals surface area contributed by atoms with Crippen LogP contribution in [0.15, 0.2) is 97.1 Å². The molecule has 0 saturated carbocycles. The summed E-state index contributed by atoms with van der Waals surface area (Å²) in [6, 6.07) is 31.9. The van der Waals surface area contributed by atoms with Crippen LogP contribution in [0.1, 0.15) is 57.1 Å². The molecule has 0 aliphatic carbocycles. The lowest BCUT2D eigenvalue weighted by Gasteiger charge is -2.39. The summed E-state index contributed by atoms with van der Waals surface area (Å²) in [4.78, 5) is 26.6. The van der Waals surface area contributed by atoms with Crippen molar-refractivity contribution in [3.63, 3.8) is 0 Å². The number of carboxylic acid groups (broad SMARTS) is 1. The average molecular weight is 493 g/mol. The van der Waals surface area contributed by atoms with Gasteiger partial charge in [-0.15, -0.1) is 0 Å². The number of nitrogens with one attached hydrogen (secondary N) is 1. The van der Waals surface area contributed by atoms with Crippen LogP contribution in [-0.2, 0) is 0 Å². The normalized spacial score (nSPS) is 18.5. The summed E-state index contributed by atoms with van der Waals surface area (Å²) >= 11 is 0. The fourth-order valence-electron chi connectivity index (χ4n) is 5.54. The van der Waals surface area contributed by atoms with Gasteiger partial charge < -0.3 is 15.3 Å². The smallest absolute Gasteiger partial charge is 0.335 e. The second kappa shape index (κ2) is 11.0. The standard InChI is InChI=1S/C32H32N2O3/c1-22(28-16-8-12-23-11-5-6-15-29(23)28)33-20-27-17-18-34(21-30(27)24-9-3-2-4-10-24)31(35)25-13-7-14-26(19-25)32(36)37/h2-16,19,22,27,30,33H,17-18,20-21H2,1H3,(H,36,37). The van der Waals surface area contributed by atoms with Crippen molar-refractivity contribution >= 4 is 22.6 Å². The Morgan fingerprint density at radius 1 is 0.919 bits per heavy atom. The van der Waals surface area contributed by atoms with E-state index in [2.05, 4.69) is 79.0 Å². The number of benzene rings is 4. The minimum absolute atomic E-state index is 0.112. The first kappa shape index (κ1) is 24.7. The summed E-state index contributed by atoms with van der Waals surface area (Å²) in [5.74, 6) is -0.579. The molecule has 1 fully saturated rings. The summed E-state index contributed by atoms with van der Waals surface area (Å²) in [7, 11) is 0. The van der Waals surface area contributed by atoms with Crippen molar-refractivity contribution < 1.29 is 14.7 Å². The molecule has 3 unspecified atom stereocenters. The van der Waals surface area contributed by atoms with Gasteiger partial charge in [-0.1, -0.05) is 78.9 Å². The summed E-state index contributed by atoms with van der Waals surface area (Å²) in [6.45, 7) is 4.32. The van der Waals surface area contributed by atoms with E-state index in [1.54, 1.807) is 12.1 Å². The van der Waals surface area contributed by atoms with E-state index in [9.17, 15) is 14.7 Å². The lowest BCUT2D eigenvalue weighted by molar-refractivity contribution is 0.0657. The highest BCUT2D eigenvalue weighted by Crippen LogP contribution is 2.34. The highest BCUT2D eigenvalue weighted by molar-refractivity contribution is 5.97. The van der Waals surface area contributed by atoms with Gasteiger partial charge in [0.15, 0.2) is 0 Å². The van der Waals surface area contributed by atoms with Crippen molar-refractivity contribution in [2.75, 3.05) is 19.6 Å². The Morgan fingerprint density at radius 3 is 2.43 bits per heavy atom. The van der Waals surface area contributed by atoms with Crippen molar-refractivity contribution in [3.8, 4) is 0 Å². The van der Waals surface area contributed by atoms with E-state index in [1.807, 2.05) is 11.0 Å². The number of carboxylic acids is 1. The van der Waals surface area contributed by atoms with Gasteiger partial charge in [-0.2, -0.15) is 0 Å². The first-order chi connectivity index (χ1) is 18.0. The average Bonchev–Trinajstić information content (AvgIpc) is 2.95. The molecule has 0 bridgehead atoms. The predicted octanol–water partition coefficient (Wildman–Crippen LogP) is 6.13. The van der Waals surface area contributed by atoms with E-state index < -0.39 is 5.97 Å². The molecule has 5 nitrogen and oxygen atoms in total. The van der Waals surface area contributed by atoms with Crippen molar-refractivity contribution in [2.24, 2.45) is 5.92 Å². The molecule has 1 aliphatic heterocycles. The third kappa shape index (κ3) is 5.42. The van der Waals surface area contributed by atoms with E-state index in [4.69, 9.17) is 0 Å². The van der Waals surface area contributed by atoms with E-state index in [0.717, 1.165) is 13.0 Å². The van der Waals surface area contributed by atoms with Crippen LogP contribution in [0.3, 0.4) is 0 Å². The minimum Gasteiger partial charge on any atom is -0.478 e. The number of amides is 1. The monoisotopic (exact) mass is 492 g/mol. The molecule has 1 saturated heterocycles. The maximum absolute atomic E-state index is 13.4. The zero-order chi connectivity index (χ0) is 25.8. The van der Waals surface area contributed by atoms with Crippen molar-refractivity contribution in [1.29, 1.82) is 0 Å². The molecule has 0 spiro atoms. The Kier molecular flexibility index (Phi) is 7.33. The second-order valence-electron chi connectivity index (χ2n) is 9.90. The van der Waals surface area contributed by atoms with Gasteiger partial charge in [0, 0.05) is 30.6 Å². The Hall–Kier alpha value is -3.96. The van der Waals surface area contributed by atoms with Crippen LogP contribution in [0.25, 0.3) is 10.8 Å². The summed E-state index contributed by atoms with van der Waals surface area (Å²) in [5.41, 5.74) is 3.07. The molecule has 1 aliphatic rings. The number of carbonyl (C=O) groups excluding carboxylic acids is 1. The summed E-state index contributed by atoms with van der Waals surface area (Å²) in [6.07, 6.45) is 0.874. The Morgan fingerprint density at radius 2 is 1.62 bits per heavy atom. The molecule has 4 aromatic rings. The van der Waals surface area contributed by atoms with Gasteiger partial charge in [-0.05, 0) is 65.9 Å². The molecular weight excluding hydrogens is 460 g/mol. The maximum atomic E-state index is 13.4. The zero-order valence-electron chi connectivity index (χ0n) is 21.0. The van der Waals surface area contributed by atoms with Crippen LogP contribution >= 0.6 is 0 Å². The van der Waals surface area contributed by atoms with Crippen LogP contribution in [-0.4, -0.2) is 41.5 Å². The molecule has 2 N–H and O–H groups in total. The van der Waals surface area contributed by atoms with Crippen LogP contribution < -0.4 is 5.32 Å². The first-order valence-corrected chi connectivity index (χ1v) is 12.9. The van der Waals surface area contributed by atoms with Crippen LogP contribution in [0.5, 0.6) is 0 Å². The van der Waals surface area contributed by atoms with Crippen LogP contribution in [0, 0.1) is 5.92 Å². The third-order valence-electron chi connectivity index (χ3n) is 7.60. The molecule has 1 heterocycles. The quantitative estimate of drug-likeness (QED) is 0.325. The molecular formula is C32H32N2O3. The number of likely N-dealkylation sites (tertiary alicyclic amines) is 1. The van der Waals surface area contributed by atoms with Gasteiger partial charge in [0.05, 0.1) is 5.56 Å². The van der Waals surface area contributed by atoms with Gasteiger partial charge in [0.1, 0.15) is 0 Å².